The van der Waals surface area contributed by atoms with Crippen LogP contribution in [0.4, 0.5) is 4.39 Å². The number of carbonyl (C=O) groups excluding carboxylic acids is 1. The zero-order valence-electron chi connectivity index (χ0n) is 6.23. The predicted molar refractivity (Wildman–Crippen MR) is 46.8 cm³/mol. The molecule has 0 atom stereocenters. The SMILES string of the molecule is O=C1CCc2c1ccc(F)c2Br. The Morgan fingerprint density at radius 1 is 1.33 bits per heavy atom. The lowest BCUT2D eigenvalue weighted by atomic mass is 10.1. The fourth-order valence-corrected chi connectivity index (χ4v) is 2.02. The number of benzene rings is 1. The molecule has 1 nitrogen and oxygen atoms in total. The minimum Gasteiger partial charge on any atom is -0.294 e. The van der Waals surface area contributed by atoms with Crippen LogP contribution in [0.5, 0.6) is 0 Å². The molecule has 12 heavy (non-hydrogen) atoms. The molecule has 0 amide bonds. The van der Waals surface area contributed by atoms with E-state index in [1.165, 1.54) is 6.07 Å². The van der Waals surface area contributed by atoms with E-state index in [-0.39, 0.29) is 11.6 Å². The second-order valence-electron chi connectivity index (χ2n) is 2.81. The third-order valence-corrected chi connectivity index (χ3v) is 2.96. The summed E-state index contributed by atoms with van der Waals surface area (Å²) in [5.74, 6) is -0.172. The molecule has 1 aliphatic carbocycles. The molecule has 0 heterocycles. The Morgan fingerprint density at radius 3 is 2.83 bits per heavy atom. The summed E-state index contributed by atoms with van der Waals surface area (Å²) in [7, 11) is 0. The minimum atomic E-state index is -0.288. The molecule has 1 aliphatic rings. The Kier molecular flexibility index (Phi) is 1.76. The van der Waals surface area contributed by atoms with Gasteiger partial charge in [-0.25, -0.2) is 4.39 Å². The summed E-state index contributed by atoms with van der Waals surface area (Å²) in [4.78, 5) is 11.2. The second kappa shape index (κ2) is 2.66. The summed E-state index contributed by atoms with van der Waals surface area (Å²) in [5.41, 5.74) is 1.49. The van der Waals surface area contributed by atoms with E-state index in [1.54, 1.807) is 6.07 Å². The molecule has 0 saturated heterocycles. The van der Waals surface area contributed by atoms with Crippen LogP contribution in [0, 0.1) is 5.82 Å². The van der Waals surface area contributed by atoms with E-state index in [9.17, 15) is 9.18 Å². The molecule has 0 N–H and O–H groups in total. The van der Waals surface area contributed by atoms with Gasteiger partial charge in [0.25, 0.3) is 0 Å². The first-order valence-electron chi connectivity index (χ1n) is 3.70. The van der Waals surface area contributed by atoms with Gasteiger partial charge in [-0.3, -0.25) is 4.79 Å². The van der Waals surface area contributed by atoms with Crippen molar-refractivity contribution >= 4 is 21.7 Å². The van der Waals surface area contributed by atoms with Crippen LogP contribution in [-0.4, -0.2) is 5.78 Å². The van der Waals surface area contributed by atoms with Crippen LogP contribution >= 0.6 is 15.9 Å². The van der Waals surface area contributed by atoms with Crippen LogP contribution in [0.1, 0.15) is 22.3 Å². The molecule has 2 rings (SSSR count). The lowest BCUT2D eigenvalue weighted by Crippen LogP contribution is -1.92. The van der Waals surface area contributed by atoms with E-state index in [0.717, 1.165) is 5.56 Å². The van der Waals surface area contributed by atoms with Crippen molar-refractivity contribution < 1.29 is 9.18 Å². The van der Waals surface area contributed by atoms with Gasteiger partial charge >= 0.3 is 0 Å². The van der Waals surface area contributed by atoms with Gasteiger partial charge in [0, 0.05) is 12.0 Å². The maximum absolute atomic E-state index is 12.9. The predicted octanol–water partition coefficient (Wildman–Crippen LogP) is 2.72. The van der Waals surface area contributed by atoms with Gasteiger partial charge in [0.1, 0.15) is 5.82 Å². The van der Waals surface area contributed by atoms with E-state index in [2.05, 4.69) is 15.9 Å². The van der Waals surface area contributed by atoms with Crippen LogP contribution in [0.3, 0.4) is 0 Å². The molecular formula is C9H6BrFO. The van der Waals surface area contributed by atoms with Gasteiger partial charge in [-0.2, -0.15) is 0 Å². The number of rotatable bonds is 0. The van der Waals surface area contributed by atoms with Gasteiger partial charge in [-0.1, -0.05) is 0 Å². The van der Waals surface area contributed by atoms with Gasteiger partial charge in [-0.15, -0.1) is 0 Å². The van der Waals surface area contributed by atoms with Gasteiger partial charge < -0.3 is 0 Å². The summed E-state index contributed by atoms with van der Waals surface area (Å²) in [6.07, 6.45) is 1.17. The average molecular weight is 229 g/mol. The van der Waals surface area contributed by atoms with Crippen LogP contribution in [0.25, 0.3) is 0 Å². The Hall–Kier alpha value is -0.700. The molecular weight excluding hydrogens is 223 g/mol. The van der Waals surface area contributed by atoms with E-state index in [4.69, 9.17) is 0 Å². The zero-order valence-corrected chi connectivity index (χ0v) is 7.82. The largest absolute Gasteiger partial charge is 0.294 e. The number of halogens is 2. The van der Waals surface area contributed by atoms with Crippen LogP contribution in [0.15, 0.2) is 16.6 Å². The highest BCUT2D eigenvalue weighted by Gasteiger charge is 2.22. The Morgan fingerprint density at radius 2 is 2.08 bits per heavy atom. The number of carbonyl (C=O) groups is 1. The van der Waals surface area contributed by atoms with Gasteiger partial charge in [0.15, 0.2) is 5.78 Å². The monoisotopic (exact) mass is 228 g/mol. The first-order valence-corrected chi connectivity index (χ1v) is 4.49. The van der Waals surface area contributed by atoms with Crippen molar-refractivity contribution in [3.05, 3.63) is 33.5 Å². The lowest BCUT2D eigenvalue weighted by molar-refractivity contribution is 0.0994. The van der Waals surface area contributed by atoms with E-state index in [0.29, 0.717) is 22.9 Å². The summed E-state index contributed by atoms with van der Waals surface area (Å²) in [6.45, 7) is 0. The number of Topliss-reactive ketones (excluding diaryl/α,β-unsaturated/α-hetero) is 1. The summed E-state index contributed by atoms with van der Waals surface area (Å²) in [6, 6.07) is 2.89. The number of ketones is 1. The van der Waals surface area contributed by atoms with Crippen LogP contribution in [0.2, 0.25) is 0 Å². The summed E-state index contributed by atoms with van der Waals surface area (Å²) < 4.78 is 13.4. The lowest BCUT2D eigenvalue weighted by Gasteiger charge is -2.00. The number of fused-ring (bicyclic) bond motifs is 1. The van der Waals surface area contributed by atoms with E-state index in [1.807, 2.05) is 0 Å². The second-order valence-corrected chi connectivity index (χ2v) is 3.60. The van der Waals surface area contributed by atoms with Crippen LogP contribution in [-0.2, 0) is 6.42 Å². The van der Waals surface area contributed by atoms with Crippen LogP contribution < -0.4 is 0 Å². The molecule has 0 spiro atoms. The van der Waals surface area contributed by atoms with Crippen molar-refractivity contribution in [1.29, 1.82) is 0 Å². The topological polar surface area (TPSA) is 17.1 Å². The van der Waals surface area contributed by atoms with Gasteiger partial charge in [0.05, 0.1) is 4.47 Å². The highest BCUT2D eigenvalue weighted by Crippen LogP contribution is 2.30. The van der Waals surface area contributed by atoms with Gasteiger partial charge in [0.2, 0.25) is 0 Å². The molecule has 0 fully saturated rings. The summed E-state index contributed by atoms with van der Waals surface area (Å²) >= 11 is 3.13. The van der Waals surface area contributed by atoms with Crippen molar-refractivity contribution in [2.75, 3.05) is 0 Å². The first-order chi connectivity index (χ1) is 5.70. The van der Waals surface area contributed by atoms with Gasteiger partial charge in [-0.05, 0) is 40.0 Å². The average Bonchev–Trinajstić information content (AvgIpc) is 2.41. The molecule has 62 valence electrons. The molecule has 0 radical (unpaired) electrons. The molecule has 0 aromatic heterocycles. The third-order valence-electron chi connectivity index (χ3n) is 2.10. The fourth-order valence-electron chi connectivity index (χ4n) is 1.47. The molecule has 0 bridgehead atoms. The first kappa shape index (κ1) is 7.92. The molecule has 1 aromatic carbocycles. The molecule has 0 aliphatic heterocycles. The van der Waals surface area contributed by atoms with Crippen molar-refractivity contribution in [2.45, 2.75) is 12.8 Å². The molecule has 0 saturated carbocycles. The number of hydrogen-bond donors (Lipinski definition) is 0. The highest BCUT2D eigenvalue weighted by atomic mass is 79.9. The van der Waals surface area contributed by atoms with E-state index < -0.39 is 0 Å². The molecule has 1 aromatic rings. The third kappa shape index (κ3) is 1.00. The standard InChI is InChI=1S/C9H6BrFO/c10-9-6-2-4-8(12)5(6)1-3-7(9)11/h1,3H,2,4H2. The summed E-state index contributed by atoms with van der Waals surface area (Å²) in [5, 5.41) is 0. The quantitative estimate of drug-likeness (QED) is 0.668. The minimum absolute atomic E-state index is 0.116. The maximum Gasteiger partial charge on any atom is 0.163 e. The van der Waals surface area contributed by atoms with E-state index >= 15 is 0 Å². The van der Waals surface area contributed by atoms with Crippen molar-refractivity contribution in [3.63, 3.8) is 0 Å². The van der Waals surface area contributed by atoms with Crippen molar-refractivity contribution in [3.8, 4) is 0 Å². The fraction of sp³-hybridized carbons (Fsp3) is 0.222. The van der Waals surface area contributed by atoms with Crippen molar-refractivity contribution in [1.82, 2.24) is 0 Å². The maximum atomic E-state index is 12.9. The molecule has 3 heteroatoms. The zero-order chi connectivity index (χ0) is 8.72. The Bertz CT molecular complexity index is 360. The molecule has 0 unspecified atom stereocenters. The number of hydrogen-bond acceptors (Lipinski definition) is 1. The van der Waals surface area contributed by atoms with Crippen molar-refractivity contribution in [2.24, 2.45) is 0 Å². The normalized spacial score (nSPS) is 15.0. The Balaban J connectivity index is 2.68. The smallest absolute Gasteiger partial charge is 0.163 e. The Labute approximate surface area is 77.7 Å². The highest BCUT2D eigenvalue weighted by molar-refractivity contribution is 9.10.